The first-order valence-electron chi connectivity index (χ1n) is 4.48. The molecule has 5 nitrogen and oxygen atoms in total. The summed E-state index contributed by atoms with van der Waals surface area (Å²) in [6.07, 6.45) is 2.58. The van der Waals surface area contributed by atoms with Crippen LogP contribution in [0.1, 0.15) is 26.2 Å². The quantitative estimate of drug-likeness (QED) is 0.578. The van der Waals surface area contributed by atoms with Gasteiger partial charge in [-0.05, 0) is 19.3 Å². The monoisotopic (exact) mass is 188 g/mol. The van der Waals surface area contributed by atoms with Gasteiger partial charge in [-0.1, -0.05) is 0 Å². The summed E-state index contributed by atoms with van der Waals surface area (Å²) in [5.41, 5.74) is 5.13. The minimum atomic E-state index is -1.87. The second-order valence-electron chi connectivity index (χ2n) is 3.47. The molecule has 0 aromatic rings. The second-order valence-corrected chi connectivity index (χ2v) is 3.47. The van der Waals surface area contributed by atoms with Gasteiger partial charge in [0.2, 0.25) is 0 Å². The molecule has 0 aromatic carbocycles. The van der Waals surface area contributed by atoms with E-state index < -0.39 is 12.0 Å². The molecular formula is C8H16N2O3. The van der Waals surface area contributed by atoms with Crippen molar-refractivity contribution < 1.29 is 14.6 Å². The molecule has 0 aliphatic carbocycles. The van der Waals surface area contributed by atoms with E-state index in [1.54, 1.807) is 4.90 Å². The molecule has 1 amide bonds. The lowest BCUT2D eigenvalue weighted by Crippen LogP contribution is -2.46. The van der Waals surface area contributed by atoms with E-state index in [4.69, 9.17) is 10.8 Å². The summed E-state index contributed by atoms with van der Waals surface area (Å²) in [4.78, 5) is 12.8. The molecule has 0 radical (unpaired) electrons. The summed E-state index contributed by atoms with van der Waals surface area (Å²) < 4.78 is 4.60. The van der Waals surface area contributed by atoms with Gasteiger partial charge in [0.1, 0.15) is 0 Å². The molecule has 3 N–H and O–H groups in total. The number of aliphatic hydroxyl groups is 1. The minimum Gasteiger partial charge on any atom is -0.403 e. The van der Waals surface area contributed by atoms with E-state index in [0.717, 1.165) is 19.3 Å². The number of likely N-dealkylation sites (tertiary alicyclic amines) is 1. The Morgan fingerprint density at radius 2 is 2.00 bits per heavy atom. The Balaban J connectivity index is 2.38. The van der Waals surface area contributed by atoms with Gasteiger partial charge in [0.15, 0.2) is 0 Å². The number of rotatable bonds is 1. The number of amides is 1. The number of hydrogen-bond acceptors (Lipinski definition) is 4. The average molecular weight is 188 g/mol. The average Bonchev–Trinajstić information content (AvgIpc) is 2.03. The molecule has 1 aliphatic rings. The first-order valence-corrected chi connectivity index (χ1v) is 4.48. The second kappa shape index (κ2) is 3.93. The molecule has 1 unspecified atom stereocenters. The summed E-state index contributed by atoms with van der Waals surface area (Å²) in [5.74, 6) is -1.87. The zero-order valence-electron chi connectivity index (χ0n) is 7.82. The predicted molar refractivity (Wildman–Crippen MR) is 46.7 cm³/mol. The third kappa shape index (κ3) is 3.61. The van der Waals surface area contributed by atoms with Crippen LogP contribution in [-0.2, 0) is 4.74 Å². The summed E-state index contributed by atoms with van der Waals surface area (Å²) in [7, 11) is 0. The minimum absolute atomic E-state index is 0.535. The first-order chi connectivity index (χ1) is 5.99. The third-order valence-electron chi connectivity index (χ3n) is 1.91. The van der Waals surface area contributed by atoms with Crippen LogP contribution in [0.5, 0.6) is 0 Å². The van der Waals surface area contributed by atoms with Crippen LogP contribution in [0.4, 0.5) is 4.79 Å². The largest absolute Gasteiger partial charge is 0.413 e. The molecular weight excluding hydrogens is 172 g/mol. The lowest BCUT2D eigenvalue weighted by molar-refractivity contribution is -0.149. The fourth-order valence-electron chi connectivity index (χ4n) is 1.32. The van der Waals surface area contributed by atoms with E-state index in [0.29, 0.717) is 13.1 Å². The van der Waals surface area contributed by atoms with Crippen molar-refractivity contribution in [1.82, 2.24) is 4.90 Å². The lowest BCUT2D eigenvalue weighted by Gasteiger charge is -2.28. The molecule has 0 bridgehead atoms. The van der Waals surface area contributed by atoms with Gasteiger partial charge in [0.05, 0.1) is 0 Å². The van der Waals surface area contributed by atoms with Gasteiger partial charge >= 0.3 is 6.09 Å². The molecule has 13 heavy (non-hydrogen) atoms. The van der Waals surface area contributed by atoms with Crippen molar-refractivity contribution >= 4 is 6.09 Å². The fourth-order valence-corrected chi connectivity index (χ4v) is 1.32. The van der Waals surface area contributed by atoms with Crippen molar-refractivity contribution in [2.75, 3.05) is 13.1 Å². The number of piperidine rings is 1. The van der Waals surface area contributed by atoms with Crippen molar-refractivity contribution in [2.24, 2.45) is 5.73 Å². The molecule has 1 saturated heterocycles. The smallest absolute Gasteiger partial charge is 0.403 e. The van der Waals surface area contributed by atoms with Crippen LogP contribution in [0.25, 0.3) is 0 Å². The maximum Gasteiger partial charge on any atom is 0.413 e. The Hall–Kier alpha value is -0.810. The maximum atomic E-state index is 11.3. The van der Waals surface area contributed by atoms with Crippen molar-refractivity contribution in [3.05, 3.63) is 0 Å². The molecule has 1 atom stereocenters. The van der Waals surface area contributed by atoms with E-state index in [2.05, 4.69) is 4.74 Å². The number of hydrogen-bond donors (Lipinski definition) is 2. The van der Waals surface area contributed by atoms with Crippen LogP contribution in [0, 0.1) is 0 Å². The standard InChI is InChI=1S/C8H16N2O3/c1-8(9,12)13-7(11)10-5-3-2-4-6-10/h12H,2-6,9H2,1H3. The van der Waals surface area contributed by atoms with Crippen molar-refractivity contribution in [3.63, 3.8) is 0 Å². The first kappa shape index (κ1) is 10.3. The van der Waals surface area contributed by atoms with Gasteiger partial charge in [-0.3, -0.25) is 5.73 Å². The molecule has 0 spiro atoms. The Morgan fingerprint density at radius 1 is 1.46 bits per heavy atom. The fraction of sp³-hybridized carbons (Fsp3) is 0.875. The summed E-state index contributed by atoms with van der Waals surface area (Å²) >= 11 is 0. The van der Waals surface area contributed by atoms with Gasteiger partial charge in [0.25, 0.3) is 5.91 Å². The molecule has 1 aliphatic heterocycles. The van der Waals surface area contributed by atoms with Crippen LogP contribution >= 0.6 is 0 Å². The molecule has 1 fully saturated rings. The van der Waals surface area contributed by atoms with E-state index in [1.807, 2.05) is 0 Å². The van der Waals surface area contributed by atoms with Crippen LogP contribution in [0.15, 0.2) is 0 Å². The summed E-state index contributed by atoms with van der Waals surface area (Å²) in [5, 5.41) is 9.03. The number of carbonyl (C=O) groups is 1. The van der Waals surface area contributed by atoms with Gasteiger partial charge < -0.3 is 14.7 Å². The zero-order valence-corrected chi connectivity index (χ0v) is 7.82. The predicted octanol–water partition coefficient (Wildman–Crippen LogP) is 0.234. The van der Waals surface area contributed by atoms with E-state index in [9.17, 15) is 4.79 Å². The Labute approximate surface area is 77.5 Å². The highest BCUT2D eigenvalue weighted by atomic mass is 16.7. The van der Waals surface area contributed by atoms with Crippen LogP contribution in [0.2, 0.25) is 0 Å². The molecule has 1 heterocycles. The highest BCUT2D eigenvalue weighted by Crippen LogP contribution is 2.11. The van der Waals surface area contributed by atoms with Crippen LogP contribution in [0.3, 0.4) is 0 Å². The van der Waals surface area contributed by atoms with Gasteiger partial charge in [-0.2, -0.15) is 0 Å². The molecule has 0 aromatic heterocycles. The highest BCUT2D eigenvalue weighted by Gasteiger charge is 2.24. The maximum absolute atomic E-state index is 11.3. The van der Waals surface area contributed by atoms with Gasteiger partial charge in [-0.25, -0.2) is 4.79 Å². The number of nitrogens with zero attached hydrogens (tertiary/aromatic N) is 1. The topological polar surface area (TPSA) is 75.8 Å². The van der Waals surface area contributed by atoms with Crippen molar-refractivity contribution in [3.8, 4) is 0 Å². The third-order valence-corrected chi connectivity index (χ3v) is 1.91. The normalized spacial score (nSPS) is 22.2. The Kier molecular flexibility index (Phi) is 3.11. The van der Waals surface area contributed by atoms with Crippen molar-refractivity contribution in [1.29, 1.82) is 0 Å². The van der Waals surface area contributed by atoms with Crippen LogP contribution < -0.4 is 5.73 Å². The Morgan fingerprint density at radius 3 is 2.46 bits per heavy atom. The van der Waals surface area contributed by atoms with Crippen LogP contribution in [-0.4, -0.2) is 35.1 Å². The number of carbonyl (C=O) groups excluding carboxylic acids is 1. The zero-order chi connectivity index (χ0) is 9.90. The molecule has 0 saturated carbocycles. The lowest BCUT2D eigenvalue weighted by atomic mass is 10.1. The van der Waals surface area contributed by atoms with Crippen molar-refractivity contribution in [2.45, 2.75) is 32.1 Å². The van der Waals surface area contributed by atoms with Gasteiger partial charge in [0, 0.05) is 20.0 Å². The Bertz CT molecular complexity index is 182. The highest BCUT2D eigenvalue weighted by molar-refractivity contribution is 5.68. The van der Waals surface area contributed by atoms with Gasteiger partial charge in [-0.15, -0.1) is 0 Å². The summed E-state index contributed by atoms with van der Waals surface area (Å²) in [6.45, 7) is 2.61. The number of ether oxygens (including phenoxy) is 1. The number of nitrogens with two attached hydrogens (primary N) is 1. The van der Waals surface area contributed by atoms with E-state index >= 15 is 0 Å². The SMILES string of the molecule is CC(N)(O)OC(=O)N1CCCCC1. The molecule has 5 heteroatoms. The van der Waals surface area contributed by atoms with E-state index in [1.165, 1.54) is 6.92 Å². The molecule has 76 valence electrons. The molecule has 1 rings (SSSR count). The van der Waals surface area contributed by atoms with E-state index in [-0.39, 0.29) is 0 Å². The summed E-state index contributed by atoms with van der Waals surface area (Å²) in [6, 6.07) is 0.